The van der Waals surface area contributed by atoms with Crippen LogP contribution in [0.2, 0.25) is 0 Å². The molecule has 3 nitrogen and oxygen atoms in total. The zero-order valence-corrected chi connectivity index (χ0v) is 9.69. The van der Waals surface area contributed by atoms with Crippen LogP contribution in [0.15, 0.2) is 18.2 Å². The third kappa shape index (κ3) is 3.18. The first kappa shape index (κ1) is 11.9. The van der Waals surface area contributed by atoms with E-state index in [4.69, 9.17) is 11.0 Å². The van der Waals surface area contributed by atoms with Gasteiger partial charge in [0.05, 0.1) is 6.07 Å². The number of nitrogen functional groups attached to an aromatic ring is 1. The monoisotopic (exact) mass is 233 g/mol. The Labute approximate surface area is 101 Å². The molecule has 0 aromatic heterocycles. The number of nitriles is 1. The lowest BCUT2D eigenvalue weighted by atomic mass is 10.1. The van der Waals surface area contributed by atoms with Gasteiger partial charge in [-0.05, 0) is 30.5 Å². The summed E-state index contributed by atoms with van der Waals surface area (Å²) in [4.78, 5) is 2.26. The van der Waals surface area contributed by atoms with Crippen LogP contribution < -0.4 is 5.73 Å². The van der Waals surface area contributed by atoms with Gasteiger partial charge in [-0.3, -0.25) is 4.90 Å². The minimum atomic E-state index is -0.304. The minimum absolute atomic E-state index is 0.304. The zero-order valence-electron chi connectivity index (χ0n) is 9.69. The van der Waals surface area contributed by atoms with Gasteiger partial charge in [0.2, 0.25) is 0 Å². The van der Waals surface area contributed by atoms with E-state index < -0.39 is 0 Å². The molecule has 2 rings (SSSR count). The van der Waals surface area contributed by atoms with Crippen molar-refractivity contribution in [2.45, 2.75) is 31.8 Å². The topological polar surface area (TPSA) is 53.0 Å². The largest absolute Gasteiger partial charge is 0.398 e. The number of hydrogen-bond donors (Lipinski definition) is 1. The molecular weight excluding hydrogens is 217 g/mol. The van der Waals surface area contributed by atoms with E-state index in [9.17, 15) is 4.39 Å². The predicted octanol–water partition coefficient (Wildman–Crippen LogP) is 2.29. The summed E-state index contributed by atoms with van der Waals surface area (Å²) in [7, 11) is 0. The van der Waals surface area contributed by atoms with Crippen LogP contribution >= 0.6 is 0 Å². The summed E-state index contributed by atoms with van der Waals surface area (Å²) in [6.07, 6.45) is 2.90. The zero-order chi connectivity index (χ0) is 12.3. The summed E-state index contributed by atoms with van der Waals surface area (Å²) in [5, 5.41) is 8.62. The first-order valence-corrected chi connectivity index (χ1v) is 5.85. The molecule has 1 aromatic carbocycles. The van der Waals surface area contributed by atoms with Crippen molar-refractivity contribution in [2.24, 2.45) is 0 Å². The molecule has 4 heteroatoms. The van der Waals surface area contributed by atoms with E-state index in [1.54, 1.807) is 6.07 Å². The Balaban J connectivity index is 2.03. The fourth-order valence-electron chi connectivity index (χ4n) is 1.95. The van der Waals surface area contributed by atoms with Crippen molar-refractivity contribution < 1.29 is 4.39 Å². The highest BCUT2D eigenvalue weighted by Gasteiger charge is 2.28. The molecule has 0 amide bonds. The lowest BCUT2D eigenvalue weighted by Gasteiger charge is -2.21. The molecule has 1 fully saturated rings. The van der Waals surface area contributed by atoms with Crippen molar-refractivity contribution >= 4 is 5.69 Å². The van der Waals surface area contributed by atoms with Crippen LogP contribution in [0.1, 0.15) is 24.8 Å². The van der Waals surface area contributed by atoms with E-state index in [0.29, 0.717) is 24.7 Å². The van der Waals surface area contributed by atoms with Crippen LogP contribution in [0.25, 0.3) is 0 Å². The molecule has 17 heavy (non-hydrogen) atoms. The quantitative estimate of drug-likeness (QED) is 0.794. The molecule has 1 aliphatic carbocycles. The SMILES string of the molecule is N#CCCN(Cc1ccc(F)cc1N)C1CC1. The van der Waals surface area contributed by atoms with E-state index >= 15 is 0 Å². The summed E-state index contributed by atoms with van der Waals surface area (Å²) in [5.74, 6) is -0.304. The van der Waals surface area contributed by atoms with Crippen molar-refractivity contribution in [1.82, 2.24) is 4.90 Å². The number of rotatable bonds is 5. The summed E-state index contributed by atoms with van der Waals surface area (Å²) < 4.78 is 12.9. The fourth-order valence-corrected chi connectivity index (χ4v) is 1.95. The molecule has 90 valence electrons. The third-order valence-corrected chi connectivity index (χ3v) is 3.06. The number of hydrogen-bond acceptors (Lipinski definition) is 3. The summed E-state index contributed by atoms with van der Waals surface area (Å²) in [6.45, 7) is 1.47. The van der Waals surface area contributed by atoms with Gasteiger partial charge in [0, 0.05) is 31.2 Å². The minimum Gasteiger partial charge on any atom is -0.398 e. The maximum atomic E-state index is 12.9. The molecule has 0 bridgehead atoms. The van der Waals surface area contributed by atoms with Crippen LogP contribution in [-0.2, 0) is 6.54 Å². The van der Waals surface area contributed by atoms with Gasteiger partial charge >= 0.3 is 0 Å². The highest BCUT2D eigenvalue weighted by molar-refractivity contribution is 5.46. The molecule has 1 aliphatic rings. The second-order valence-electron chi connectivity index (χ2n) is 4.45. The van der Waals surface area contributed by atoms with Crippen molar-refractivity contribution in [1.29, 1.82) is 5.26 Å². The van der Waals surface area contributed by atoms with Gasteiger partial charge in [-0.1, -0.05) is 6.07 Å². The Bertz CT molecular complexity index is 435. The fraction of sp³-hybridized carbons (Fsp3) is 0.462. The van der Waals surface area contributed by atoms with E-state index in [0.717, 1.165) is 12.1 Å². The van der Waals surface area contributed by atoms with Crippen LogP contribution in [0.4, 0.5) is 10.1 Å². The normalized spacial score (nSPS) is 14.9. The van der Waals surface area contributed by atoms with E-state index in [2.05, 4.69) is 11.0 Å². The van der Waals surface area contributed by atoms with Gasteiger partial charge in [-0.2, -0.15) is 5.26 Å². The van der Waals surface area contributed by atoms with E-state index in [1.165, 1.54) is 25.0 Å². The van der Waals surface area contributed by atoms with Crippen molar-refractivity contribution in [3.63, 3.8) is 0 Å². The molecule has 2 N–H and O–H groups in total. The Morgan fingerprint density at radius 1 is 1.47 bits per heavy atom. The van der Waals surface area contributed by atoms with Gasteiger partial charge < -0.3 is 5.73 Å². The Morgan fingerprint density at radius 2 is 2.24 bits per heavy atom. The van der Waals surface area contributed by atoms with Crippen molar-refractivity contribution in [3.05, 3.63) is 29.6 Å². The third-order valence-electron chi connectivity index (χ3n) is 3.06. The van der Waals surface area contributed by atoms with Gasteiger partial charge in [0.15, 0.2) is 0 Å². The second-order valence-corrected chi connectivity index (χ2v) is 4.45. The molecule has 1 aromatic rings. The van der Waals surface area contributed by atoms with Gasteiger partial charge in [0.25, 0.3) is 0 Å². The molecular formula is C13H16FN3. The van der Waals surface area contributed by atoms with E-state index in [-0.39, 0.29) is 5.82 Å². The molecule has 0 atom stereocenters. The first-order chi connectivity index (χ1) is 8.20. The lowest BCUT2D eigenvalue weighted by molar-refractivity contribution is 0.261. The maximum Gasteiger partial charge on any atom is 0.125 e. The van der Waals surface area contributed by atoms with Crippen LogP contribution in [0.3, 0.4) is 0 Å². The van der Waals surface area contributed by atoms with E-state index in [1.807, 2.05) is 0 Å². The molecule has 0 heterocycles. The predicted molar refractivity (Wildman–Crippen MR) is 64.5 cm³/mol. The highest BCUT2D eigenvalue weighted by Crippen LogP contribution is 2.29. The maximum absolute atomic E-state index is 12.9. The Hall–Kier alpha value is -1.60. The van der Waals surface area contributed by atoms with Gasteiger partial charge in [-0.15, -0.1) is 0 Å². The van der Waals surface area contributed by atoms with Gasteiger partial charge in [0.1, 0.15) is 5.82 Å². The molecule has 0 aliphatic heterocycles. The molecule has 0 saturated heterocycles. The number of benzene rings is 1. The van der Waals surface area contributed by atoms with Gasteiger partial charge in [-0.25, -0.2) is 4.39 Å². The molecule has 1 saturated carbocycles. The first-order valence-electron chi connectivity index (χ1n) is 5.85. The smallest absolute Gasteiger partial charge is 0.125 e. The average molecular weight is 233 g/mol. The summed E-state index contributed by atoms with van der Waals surface area (Å²) >= 11 is 0. The molecule has 0 unspecified atom stereocenters. The Morgan fingerprint density at radius 3 is 2.82 bits per heavy atom. The second kappa shape index (κ2) is 5.15. The highest BCUT2D eigenvalue weighted by atomic mass is 19.1. The van der Waals surface area contributed by atoms with Crippen LogP contribution in [0, 0.1) is 17.1 Å². The van der Waals surface area contributed by atoms with Crippen LogP contribution in [0.5, 0.6) is 0 Å². The molecule has 0 radical (unpaired) electrons. The summed E-state index contributed by atoms with van der Waals surface area (Å²) in [5.41, 5.74) is 7.22. The summed E-state index contributed by atoms with van der Waals surface area (Å²) in [6, 6.07) is 7.25. The lowest BCUT2D eigenvalue weighted by Crippen LogP contribution is -2.27. The van der Waals surface area contributed by atoms with Crippen LogP contribution in [-0.4, -0.2) is 17.5 Å². The average Bonchev–Trinajstić information content (AvgIpc) is 3.11. The van der Waals surface area contributed by atoms with Crippen molar-refractivity contribution in [2.75, 3.05) is 12.3 Å². The number of nitrogens with two attached hydrogens (primary N) is 1. The molecule has 0 spiro atoms. The number of anilines is 1. The number of nitrogens with zero attached hydrogens (tertiary/aromatic N) is 2. The standard InChI is InChI=1S/C13H16FN3/c14-11-3-2-10(13(16)8-11)9-17(7-1-6-15)12-4-5-12/h2-3,8,12H,1,4-5,7,9,16H2. The Kier molecular flexibility index (Phi) is 3.60. The van der Waals surface area contributed by atoms with Crippen molar-refractivity contribution in [3.8, 4) is 6.07 Å². The number of halogens is 1.